The van der Waals surface area contributed by atoms with Crippen LogP contribution in [0.15, 0.2) is 24.3 Å². The summed E-state index contributed by atoms with van der Waals surface area (Å²) in [6.45, 7) is 0. The van der Waals surface area contributed by atoms with Gasteiger partial charge < -0.3 is 10.2 Å². The quantitative estimate of drug-likeness (QED) is 0.850. The number of anilines is 1. The summed E-state index contributed by atoms with van der Waals surface area (Å²) in [7, 11) is 3.34. The minimum atomic E-state index is -0.362. The molecule has 1 N–H and O–H groups in total. The first-order valence-electron chi connectivity index (χ1n) is 5.03. The Balaban J connectivity index is 2.72. The van der Waals surface area contributed by atoms with Crippen LogP contribution in [0.4, 0.5) is 5.69 Å². The van der Waals surface area contributed by atoms with Gasteiger partial charge in [-0.05, 0) is 24.3 Å². The van der Waals surface area contributed by atoms with E-state index in [4.69, 9.17) is 5.26 Å². The monoisotopic (exact) mass is 231 g/mol. The van der Waals surface area contributed by atoms with Gasteiger partial charge in [-0.2, -0.15) is 5.26 Å². The van der Waals surface area contributed by atoms with Crippen molar-refractivity contribution in [3.63, 3.8) is 0 Å². The molecule has 0 aliphatic rings. The Bertz CT molecular complexity index is 458. The van der Waals surface area contributed by atoms with Crippen LogP contribution in [-0.2, 0) is 4.79 Å². The molecule has 0 saturated carbocycles. The molecule has 17 heavy (non-hydrogen) atoms. The third-order valence-electron chi connectivity index (χ3n) is 2.06. The minimum Gasteiger partial charge on any atom is -0.345 e. The SMILES string of the molecule is CN(C)C(=O)c1ccc(NC(=O)CC#N)cc1. The molecule has 0 unspecified atom stereocenters. The summed E-state index contributed by atoms with van der Waals surface area (Å²) in [6, 6.07) is 8.28. The Hall–Kier alpha value is -2.35. The van der Waals surface area contributed by atoms with E-state index in [1.165, 1.54) is 4.90 Å². The van der Waals surface area contributed by atoms with Crippen molar-refractivity contribution in [2.75, 3.05) is 19.4 Å². The molecule has 0 fully saturated rings. The highest BCUT2D eigenvalue weighted by atomic mass is 16.2. The van der Waals surface area contributed by atoms with Crippen LogP contribution < -0.4 is 5.32 Å². The smallest absolute Gasteiger partial charge is 0.253 e. The van der Waals surface area contributed by atoms with Gasteiger partial charge in [-0.1, -0.05) is 0 Å². The van der Waals surface area contributed by atoms with Gasteiger partial charge in [0.05, 0.1) is 6.07 Å². The lowest BCUT2D eigenvalue weighted by atomic mass is 10.2. The van der Waals surface area contributed by atoms with Gasteiger partial charge >= 0.3 is 0 Å². The molecule has 0 aliphatic carbocycles. The molecule has 0 heterocycles. The van der Waals surface area contributed by atoms with Gasteiger partial charge in [0.15, 0.2) is 0 Å². The van der Waals surface area contributed by atoms with E-state index in [9.17, 15) is 9.59 Å². The Labute approximate surface area is 99.6 Å². The fourth-order valence-corrected chi connectivity index (χ4v) is 1.23. The van der Waals surface area contributed by atoms with Crippen molar-refractivity contribution in [2.24, 2.45) is 0 Å². The molecule has 88 valence electrons. The molecular weight excluding hydrogens is 218 g/mol. The maximum Gasteiger partial charge on any atom is 0.253 e. The fraction of sp³-hybridized carbons (Fsp3) is 0.250. The molecule has 0 aliphatic heterocycles. The van der Waals surface area contributed by atoms with Crippen LogP contribution in [0.2, 0.25) is 0 Å². The number of carbonyl (C=O) groups is 2. The lowest BCUT2D eigenvalue weighted by molar-refractivity contribution is -0.115. The predicted molar refractivity (Wildman–Crippen MR) is 63.3 cm³/mol. The zero-order valence-electron chi connectivity index (χ0n) is 9.73. The second-order valence-corrected chi connectivity index (χ2v) is 3.66. The van der Waals surface area contributed by atoms with Gasteiger partial charge in [0.1, 0.15) is 6.42 Å². The third-order valence-corrected chi connectivity index (χ3v) is 2.06. The topological polar surface area (TPSA) is 73.2 Å². The Kier molecular flexibility index (Phi) is 4.23. The number of carbonyl (C=O) groups excluding carboxylic acids is 2. The first-order valence-corrected chi connectivity index (χ1v) is 5.03. The summed E-state index contributed by atoms with van der Waals surface area (Å²) >= 11 is 0. The van der Waals surface area contributed by atoms with Crippen LogP contribution in [0.5, 0.6) is 0 Å². The van der Waals surface area contributed by atoms with Crippen molar-refractivity contribution < 1.29 is 9.59 Å². The number of hydrogen-bond acceptors (Lipinski definition) is 3. The van der Waals surface area contributed by atoms with E-state index < -0.39 is 0 Å². The lowest BCUT2D eigenvalue weighted by Crippen LogP contribution is -2.21. The lowest BCUT2D eigenvalue weighted by Gasteiger charge is -2.10. The number of rotatable bonds is 3. The zero-order valence-corrected chi connectivity index (χ0v) is 9.73. The van der Waals surface area contributed by atoms with E-state index in [1.807, 2.05) is 0 Å². The van der Waals surface area contributed by atoms with Gasteiger partial charge in [-0.25, -0.2) is 0 Å². The average molecular weight is 231 g/mol. The highest BCUT2D eigenvalue weighted by Crippen LogP contribution is 2.10. The van der Waals surface area contributed by atoms with Crippen molar-refractivity contribution in [2.45, 2.75) is 6.42 Å². The zero-order chi connectivity index (χ0) is 12.8. The molecule has 5 heteroatoms. The molecule has 0 bridgehead atoms. The first-order chi connectivity index (χ1) is 8.04. The summed E-state index contributed by atoms with van der Waals surface area (Å²) in [4.78, 5) is 24.2. The number of hydrogen-bond donors (Lipinski definition) is 1. The molecule has 0 aromatic heterocycles. The molecule has 0 saturated heterocycles. The van der Waals surface area contributed by atoms with Gasteiger partial charge in [0.25, 0.3) is 5.91 Å². The summed E-state index contributed by atoms with van der Waals surface area (Å²) in [6.07, 6.45) is -0.182. The second kappa shape index (κ2) is 5.66. The number of amides is 2. The summed E-state index contributed by atoms with van der Waals surface area (Å²) in [5, 5.41) is 10.9. The van der Waals surface area contributed by atoms with Crippen LogP contribution in [0.3, 0.4) is 0 Å². The minimum absolute atomic E-state index is 0.0973. The summed E-state index contributed by atoms with van der Waals surface area (Å²) < 4.78 is 0. The van der Waals surface area contributed by atoms with Gasteiger partial charge in [-0.15, -0.1) is 0 Å². The van der Waals surface area contributed by atoms with E-state index in [1.54, 1.807) is 44.4 Å². The van der Waals surface area contributed by atoms with E-state index in [-0.39, 0.29) is 18.2 Å². The molecule has 0 spiro atoms. The number of nitriles is 1. The summed E-state index contributed by atoms with van der Waals surface area (Å²) in [5.41, 5.74) is 1.12. The molecule has 5 nitrogen and oxygen atoms in total. The van der Waals surface area contributed by atoms with E-state index in [2.05, 4.69) is 5.32 Å². The van der Waals surface area contributed by atoms with Crippen LogP contribution >= 0.6 is 0 Å². The van der Waals surface area contributed by atoms with E-state index in [0.717, 1.165) is 0 Å². The van der Waals surface area contributed by atoms with Crippen molar-refractivity contribution in [3.8, 4) is 6.07 Å². The van der Waals surface area contributed by atoms with Crippen LogP contribution in [-0.4, -0.2) is 30.8 Å². The Morgan fingerprint density at radius 1 is 1.29 bits per heavy atom. The van der Waals surface area contributed by atoms with Gasteiger partial charge in [0.2, 0.25) is 5.91 Å². The van der Waals surface area contributed by atoms with E-state index >= 15 is 0 Å². The van der Waals surface area contributed by atoms with Gasteiger partial charge in [-0.3, -0.25) is 9.59 Å². The summed E-state index contributed by atoms with van der Waals surface area (Å²) in [5.74, 6) is -0.459. The van der Waals surface area contributed by atoms with Crippen molar-refractivity contribution >= 4 is 17.5 Å². The molecule has 0 radical (unpaired) electrons. The molecule has 1 rings (SSSR count). The maximum absolute atomic E-state index is 11.6. The molecule has 1 aromatic carbocycles. The highest BCUT2D eigenvalue weighted by molar-refractivity contribution is 5.95. The van der Waals surface area contributed by atoms with Crippen molar-refractivity contribution in [1.29, 1.82) is 5.26 Å². The largest absolute Gasteiger partial charge is 0.345 e. The number of benzene rings is 1. The predicted octanol–water partition coefficient (Wildman–Crippen LogP) is 1.24. The van der Waals surface area contributed by atoms with E-state index in [0.29, 0.717) is 11.3 Å². The molecule has 1 aromatic rings. The van der Waals surface area contributed by atoms with Crippen LogP contribution in [0, 0.1) is 11.3 Å². The third kappa shape index (κ3) is 3.61. The highest BCUT2D eigenvalue weighted by Gasteiger charge is 2.07. The van der Waals surface area contributed by atoms with Crippen molar-refractivity contribution in [1.82, 2.24) is 4.90 Å². The fourth-order valence-electron chi connectivity index (χ4n) is 1.23. The van der Waals surface area contributed by atoms with Gasteiger partial charge in [0, 0.05) is 25.3 Å². The number of nitrogens with zero attached hydrogens (tertiary/aromatic N) is 2. The Morgan fingerprint density at radius 2 is 1.88 bits per heavy atom. The first kappa shape index (κ1) is 12.7. The molecule has 0 atom stereocenters. The normalized spacial score (nSPS) is 9.24. The standard InChI is InChI=1S/C12H13N3O2/c1-15(2)12(17)9-3-5-10(6-4-9)14-11(16)7-8-13/h3-6H,7H2,1-2H3,(H,14,16). The second-order valence-electron chi connectivity index (χ2n) is 3.66. The average Bonchev–Trinajstić information content (AvgIpc) is 2.29. The maximum atomic E-state index is 11.6. The molecule has 2 amide bonds. The van der Waals surface area contributed by atoms with Crippen molar-refractivity contribution in [3.05, 3.63) is 29.8 Å². The number of nitrogens with one attached hydrogen (secondary N) is 1. The van der Waals surface area contributed by atoms with Crippen LogP contribution in [0.25, 0.3) is 0 Å². The Morgan fingerprint density at radius 3 is 2.35 bits per heavy atom. The molecular formula is C12H13N3O2. The van der Waals surface area contributed by atoms with Crippen LogP contribution in [0.1, 0.15) is 16.8 Å².